The first-order valence-corrected chi connectivity index (χ1v) is 3.44. The van der Waals surface area contributed by atoms with Crippen LogP contribution < -0.4 is 0 Å². The maximum atomic E-state index is 9.35. The van der Waals surface area contributed by atoms with Gasteiger partial charge in [0.15, 0.2) is 0 Å². The molecule has 0 aliphatic heterocycles. The van der Waals surface area contributed by atoms with Gasteiger partial charge in [0.25, 0.3) is 0 Å². The van der Waals surface area contributed by atoms with Crippen LogP contribution >= 0.6 is 0 Å². The Balaban J connectivity index is 3.89. The highest BCUT2D eigenvalue weighted by Crippen LogP contribution is 2.21. The fourth-order valence-electron chi connectivity index (χ4n) is 0.582. The minimum Gasteiger partial charge on any atom is -0.396 e. The smallest absolute Gasteiger partial charge is 0.0647 e. The third-order valence-corrected chi connectivity index (χ3v) is 1.70. The number of aliphatic hydroxyl groups excluding tert-OH is 2. The average Bonchev–Trinajstić information content (AvgIpc) is 1.89. The van der Waals surface area contributed by atoms with Crippen LogP contribution in [0.4, 0.5) is 0 Å². The first-order chi connectivity index (χ1) is 4.54. The molecule has 60 valence electrons. The molecule has 1 atom stereocenters. The molecule has 0 radical (unpaired) electrons. The summed E-state index contributed by atoms with van der Waals surface area (Å²) in [6.45, 7) is 7.15. The molecule has 0 rings (SSSR count). The van der Waals surface area contributed by atoms with Gasteiger partial charge >= 0.3 is 0 Å². The van der Waals surface area contributed by atoms with Crippen molar-refractivity contribution in [1.82, 2.24) is 0 Å². The predicted molar refractivity (Wildman–Crippen MR) is 41.7 cm³/mol. The molecule has 0 saturated carbocycles. The van der Waals surface area contributed by atoms with Crippen LogP contribution in [0, 0.1) is 5.41 Å². The summed E-state index contributed by atoms with van der Waals surface area (Å²) in [5.41, 5.74) is -0.409. The summed E-state index contributed by atoms with van der Waals surface area (Å²) in [6.07, 6.45) is 1.70. The lowest BCUT2D eigenvalue weighted by molar-refractivity contribution is 0.0102. The molecule has 0 bridgehead atoms. The Kier molecular flexibility index (Phi) is 3.61. The molecule has 0 unspecified atom stereocenters. The van der Waals surface area contributed by atoms with Crippen LogP contribution in [-0.2, 0) is 0 Å². The molecule has 0 aromatic heterocycles. The minimum absolute atomic E-state index is 0.00199. The van der Waals surface area contributed by atoms with Crippen LogP contribution in [0.3, 0.4) is 0 Å². The molecule has 0 spiro atoms. The van der Waals surface area contributed by atoms with Gasteiger partial charge in [0, 0.05) is 5.41 Å². The number of hydrogen-bond donors (Lipinski definition) is 2. The highest BCUT2D eigenvalue weighted by molar-refractivity contribution is 4.82. The van der Waals surface area contributed by atoms with E-state index in [9.17, 15) is 5.11 Å². The van der Waals surface area contributed by atoms with Gasteiger partial charge in [-0.25, -0.2) is 0 Å². The monoisotopic (exact) mass is 144 g/mol. The van der Waals surface area contributed by atoms with E-state index in [1.807, 2.05) is 13.8 Å². The van der Waals surface area contributed by atoms with Gasteiger partial charge < -0.3 is 10.2 Å². The van der Waals surface area contributed by atoms with Gasteiger partial charge in [-0.1, -0.05) is 19.9 Å². The van der Waals surface area contributed by atoms with E-state index in [4.69, 9.17) is 5.11 Å². The van der Waals surface area contributed by atoms with Crippen molar-refractivity contribution in [2.75, 3.05) is 6.61 Å². The standard InChI is InChI=1S/C8H16O2/c1-4-5-7(10)8(2,3)6-9/h4,7,9-10H,1,5-6H2,2-3H3/t7-/m1/s1. The molecule has 0 aliphatic carbocycles. The fraction of sp³-hybridized carbons (Fsp3) is 0.750. The number of rotatable bonds is 4. The van der Waals surface area contributed by atoms with Gasteiger partial charge in [-0.3, -0.25) is 0 Å². The summed E-state index contributed by atoms with van der Waals surface area (Å²) in [7, 11) is 0. The maximum Gasteiger partial charge on any atom is 0.0647 e. The van der Waals surface area contributed by atoms with Gasteiger partial charge in [-0.2, -0.15) is 0 Å². The predicted octanol–water partition coefficient (Wildman–Crippen LogP) is 0.942. The Bertz CT molecular complexity index is 108. The lowest BCUT2D eigenvalue weighted by Gasteiger charge is -2.27. The highest BCUT2D eigenvalue weighted by atomic mass is 16.3. The third-order valence-electron chi connectivity index (χ3n) is 1.70. The van der Waals surface area contributed by atoms with Crippen molar-refractivity contribution >= 4 is 0 Å². The average molecular weight is 144 g/mol. The molecular weight excluding hydrogens is 128 g/mol. The zero-order valence-electron chi connectivity index (χ0n) is 6.67. The summed E-state index contributed by atoms with van der Waals surface area (Å²) in [4.78, 5) is 0. The SMILES string of the molecule is C=CC[C@@H](O)C(C)(C)CO. The van der Waals surface area contributed by atoms with E-state index in [1.165, 1.54) is 0 Å². The van der Waals surface area contributed by atoms with Crippen LogP contribution in [0.1, 0.15) is 20.3 Å². The summed E-state index contributed by atoms with van der Waals surface area (Å²) in [5, 5.41) is 18.1. The van der Waals surface area contributed by atoms with Gasteiger partial charge in [-0.15, -0.1) is 6.58 Å². The summed E-state index contributed by atoms with van der Waals surface area (Å²) in [5.74, 6) is 0. The van der Waals surface area contributed by atoms with Crippen LogP contribution in [0.15, 0.2) is 12.7 Å². The van der Waals surface area contributed by atoms with E-state index in [0.29, 0.717) is 6.42 Å². The van der Waals surface area contributed by atoms with E-state index in [2.05, 4.69) is 6.58 Å². The second-order valence-corrected chi connectivity index (χ2v) is 3.19. The summed E-state index contributed by atoms with van der Waals surface area (Å²) in [6, 6.07) is 0. The quantitative estimate of drug-likeness (QED) is 0.576. The van der Waals surface area contributed by atoms with Gasteiger partial charge in [0.2, 0.25) is 0 Å². The molecule has 0 aromatic rings. The molecule has 2 nitrogen and oxygen atoms in total. The number of hydrogen-bond acceptors (Lipinski definition) is 2. The van der Waals surface area contributed by atoms with E-state index < -0.39 is 11.5 Å². The normalized spacial score (nSPS) is 14.8. The Morgan fingerprint density at radius 3 is 2.40 bits per heavy atom. The van der Waals surface area contributed by atoms with Crippen molar-refractivity contribution in [1.29, 1.82) is 0 Å². The van der Waals surface area contributed by atoms with E-state index in [1.54, 1.807) is 6.08 Å². The molecular formula is C8H16O2. The Labute approximate surface area is 62.2 Å². The van der Waals surface area contributed by atoms with Gasteiger partial charge in [0.05, 0.1) is 12.7 Å². The lowest BCUT2D eigenvalue weighted by atomic mass is 9.86. The van der Waals surface area contributed by atoms with Crippen molar-refractivity contribution in [3.63, 3.8) is 0 Å². The molecule has 10 heavy (non-hydrogen) atoms. The van der Waals surface area contributed by atoms with E-state index >= 15 is 0 Å². The Morgan fingerprint density at radius 2 is 2.10 bits per heavy atom. The molecule has 0 amide bonds. The highest BCUT2D eigenvalue weighted by Gasteiger charge is 2.25. The van der Waals surface area contributed by atoms with Crippen LogP contribution in [0.25, 0.3) is 0 Å². The maximum absolute atomic E-state index is 9.35. The third kappa shape index (κ3) is 2.50. The van der Waals surface area contributed by atoms with Gasteiger partial charge in [-0.05, 0) is 6.42 Å². The van der Waals surface area contributed by atoms with Crippen molar-refractivity contribution in [3.8, 4) is 0 Å². The van der Waals surface area contributed by atoms with Gasteiger partial charge in [0.1, 0.15) is 0 Å². The summed E-state index contributed by atoms with van der Waals surface area (Å²) < 4.78 is 0. The van der Waals surface area contributed by atoms with Crippen molar-refractivity contribution in [2.45, 2.75) is 26.4 Å². The van der Waals surface area contributed by atoms with E-state index in [0.717, 1.165) is 0 Å². The Hall–Kier alpha value is -0.340. The number of aliphatic hydroxyl groups is 2. The second kappa shape index (κ2) is 3.74. The molecule has 0 heterocycles. The first kappa shape index (κ1) is 9.66. The van der Waals surface area contributed by atoms with Crippen molar-refractivity contribution in [2.24, 2.45) is 5.41 Å². The molecule has 0 aromatic carbocycles. The fourth-order valence-corrected chi connectivity index (χ4v) is 0.582. The van der Waals surface area contributed by atoms with Crippen LogP contribution in [0.2, 0.25) is 0 Å². The summed E-state index contributed by atoms with van der Waals surface area (Å²) >= 11 is 0. The van der Waals surface area contributed by atoms with Crippen LogP contribution in [-0.4, -0.2) is 22.9 Å². The Morgan fingerprint density at radius 1 is 1.60 bits per heavy atom. The molecule has 0 fully saturated rings. The molecule has 2 N–H and O–H groups in total. The zero-order valence-corrected chi connectivity index (χ0v) is 6.67. The second-order valence-electron chi connectivity index (χ2n) is 3.19. The minimum atomic E-state index is -0.491. The largest absolute Gasteiger partial charge is 0.396 e. The van der Waals surface area contributed by atoms with E-state index in [-0.39, 0.29) is 6.61 Å². The molecule has 2 heteroatoms. The van der Waals surface area contributed by atoms with Crippen molar-refractivity contribution in [3.05, 3.63) is 12.7 Å². The zero-order chi connectivity index (χ0) is 8.20. The first-order valence-electron chi connectivity index (χ1n) is 3.44. The molecule has 0 aliphatic rings. The topological polar surface area (TPSA) is 40.5 Å². The molecule has 0 saturated heterocycles. The van der Waals surface area contributed by atoms with Crippen molar-refractivity contribution < 1.29 is 10.2 Å². The lowest BCUT2D eigenvalue weighted by Crippen LogP contribution is -2.32. The van der Waals surface area contributed by atoms with Crippen LogP contribution in [0.5, 0.6) is 0 Å².